The summed E-state index contributed by atoms with van der Waals surface area (Å²) in [4.78, 5) is 36.4. The van der Waals surface area contributed by atoms with Crippen LogP contribution in [-0.4, -0.2) is 36.9 Å². The van der Waals surface area contributed by atoms with Crippen molar-refractivity contribution in [2.45, 2.75) is 51.6 Å². The van der Waals surface area contributed by atoms with Crippen LogP contribution in [-0.2, 0) is 9.53 Å². The minimum Gasteiger partial charge on any atom is -0.490 e. The number of halogens is 1. The number of ether oxygens (including phenoxy) is 2. The highest BCUT2D eigenvalue weighted by molar-refractivity contribution is 6.33. The normalized spacial score (nSPS) is 17.8. The average molecular weight is 472 g/mol. The largest absolute Gasteiger partial charge is 0.490 e. The summed E-state index contributed by atoms with van der Waals surface area (Å²) in [6.07, 6.45) is 4.10. The molecule has 0 heterocycles. The third-order valence-corrected chi connectivity index (χ3v) is 6.09. The second-order valence-corrected chi connectivity index (χ2v) is 8.54. The van der Waals surface area contributed by atoms with Gasteiger partial charge in [0.25, 0.3) is 5.91 Å². The number of esters is 1. The van der Waals surface area contributed by atoms with Gasteiger partial charge in [0.15, 0.2) is 5.78 Å². The number of hydrogen-bond acceptors (Lipinski definition) is 5. The maximum absolute atomic E-state index is 12.4. The molecule has 0 aliphatic heterocycles. The van der Waals surface area contributed by atoms with Crippen LogP contribution in [0.2, 0.25) is 5.02 Å². The summed E-state index contributed by atoms with van der Waals surface area (Å²) < 4.78 is 11.1. The van der Waals surface area contributed by atoms with Gasteiger partial charge in [-0.3, -0.25) is 14.4 Å². The van der Waals surface area contributed by atoms with E-state index >= 15 is 0 Å². The molecule has 1 amide bonds. The fourth-order valence-electron chi connectivity index (χ4n) is 3.92. The Balaban J connectivity index is 1.38. The first-order chi connectivity index (χ1) is 16.0. The van der Waals surface area contributed by atoms with Gasteiger partial charge >= 0.3 is 5.97 Å². The van der Waals surface area contributed by atoms with Crippen molar-refractivity contribution >= 4 is 29.3 Å². The van der Waals surface area contributed by atoms with Crippen molar-refractivity contribution < 1.29 is 23.9 Å². The molecule has 0 unspecified atom stereocenters. The summed E-state index contributed by atoms with van der Waals surface area (Å²) in [7, 11) is 0. The topological polar surface area (TPSA) is 81.7 Å². The number of nitrogens with one attached hydrogen (secondary N) is 1. The van der Waals surface area contributed by atoms with Gasteiger partial charge in [0.05, 0.1) is 29.2 Å². The molecule has 0 radical (unpaired) electrons. The van der Waals surface area contributed by atoms with Gasteiger partial charge in [0.2, 0.25) is 0 Å². The molecular weight excluding hydrogens is 442 g/mol. The van der Waals surface area contributed by atoms with Crippen molar-refractivity contribution in [1.29, 1.82) is 0 Å². The van der Waals surface area contributed by atoms with Gasteiger partial charge in [-0.05, 0) is 75.4 Å². The molecule has 0 saturated heterocycles. The van der Waals surface area contributed by atoms with E-state index in [2.05, 4.69) is 5.32 Å². The zero-order chi connectivity index (χ0) is 23.6. The molecule has 33 heavy (non-hydrogen) atoms. The Morgan fingerprint density at radius 1 is 1.00 bits per heavy atom. The van der Waals surface area contributed by atoms with Crippen LogP contribution in [0.4, 0.5) is 0 Å². The first-order valence-electron chi connectivity index (χ1n) is 11.5. The minimum atomic E-state index is -0.245. The molecule has 0 atom stereocenters. The highest BCUT2D eigenvalue weighted by Crippen LogP contribution is 2.28. The smallest absolute Gasteiger partial charge is 0.308 e. The third kappa shape index (κ3) is 7.32. The Bertz CT molecular complexity index is 951. The van der Waals surface area contributed by atoms with Crippen molar-refractivity contribution in [2.24, 2.45) is 5.92 Å². The van der Waals surface area contributed by atoms with E-state index in [0.717, 1.165) is 31.4 Å². The molecule has 0 aromatic heterocycles. The zero-order valence-electron chi connectivity index (χ0n) is 18.8. The van der Waals surface area contributed by atoms with Gasteiger partial charge in [-0.15, -0.1) is 0 Å². The van der Waals surface area contributed by atoms with E-state index in [1.807, 2.05) is 19.1 Å². The molecule has 1 saturated carbocycles. The van der Waals surface area contributed by atoms with Gasteiger partial charge < -0.3 is 14.8 Å². The van der Waals surface area contributed by atoms with Crippen LogP contribution in [0.3, 0.4) is 0 Å². The molecule has 2 aromatic rings. The Hall–Kier alpha value is -2.86. The maximum Gasteiger partial charge on any atom is 0.308 e. The van der Waals surface area contributed by atoms with E-state index in [1.165, 1.54) is 0 Å². The van der Waals surface area contributed by atoms with Crippen LogP contribution in [0.5, 0.6) is 5.75 Å². The molecule has 7 heteroatoms. The van der Waals surface area contributed by atoms with Crippen molar-refractivity contribution in [3.8, 4) is 5.75 Å². The predicted octanol–water partition coefficient (Wildman–Crippen LogP) is 5.23. The lowest BCUT2D eigenvalue weighted by molar-refractivity contribution is -0.149. The molecule has 1 aliphatic carbocycles. The molecule has 1 N–H and O–H groups in total. The Kier molecular flexibility index (Phi) is 9.31. The standard InChI is InChI=1S/C26H30ClNO5/c1-2-32-26(31)19-11-15-21(16-12-19)33-20-13-9-18(10-14-20)24(29)8-5-17-28-25(30)22-6-3-4-7-23(22)27/h3-4,6-7,9-10,13-14,19,21H,2,5,8,11-12,15-17H2,1H3,(H,28,30). The van der Waals surface area contributed by atoms with Gasteiger partial charge in [-0.2, -0.15) is 0 Å². The maximum atomic E-state index is 12.4. The van der Waals surface area contributed by atoms with Crippen LogP contribution in [0, 0.1) is 5.92 Å². The van der Waals surface area contributed by atoms with E-state index in [9.17, 15) is 14.4 Å². The van der Waals surface area contributed by atoms with Crippen LogP contribution in [0.1, 0.15) is 66.2 Å². The average Bonchev–Trinajstić information content (AvgIpc) is 2.83. The first kappa shape index (κ1) is 24.8. The van der Waals surface area contributed by atoms with E-state index < -0.39 is 0 Å². The van der Waals surface area contributed by atoms with Crippen LogP contribution in [0.25, 0.3) is 0 Å². The number of carbonyl (C=O) groups is 3. The monoisotopic (exact) mass is 471 g/mol. The summed E-state index contributed by atoms with van der Waals surface area (Å²) in [6.45, 7) is 2.63. The Morgan fingerprint density at radius 3 is 2.36 bits per heavy atom. The lowest BCUT2D eigenvalue weighted by Gasteiger charge is -2.27. The SMILES string of the molecule is CCOC(=O)C1CCC(Oc2ccc(C(=O)CCCNC(=O)c3ccccc3Cl)cc2)CC1. The van der Waals surface area contributed by atoms with Crippen molar-refractivity contribution in [1.82, 2.24) is 5.32 Å². The number of benzene rings is 2. The molecule has 3 rings (SSSR count). The number of Topliss-reactive ketones (excluding diaryl/α,β-unsaturated/α-hetero) is 1. The van der Waals surface area contributed by atoms with E-state index in [0.29, 0.717) is 42.1 Å². The predicted molar refractivity (Wildman–Crippen MR) is 127 cm³/mol. The second kappa shape index (κ2) is 12.4. The molecule has 0 bridgehead atoms. The lowest BCUT2D eigenvalue weighted by atomic mass is 9.87. The Labute approximate surface area is 199 Å². The summed E-state index contributed by atoms with van der Waals surface area (Å²) in [5.41, 5.74) is 1.04. The number of amides is 1. The van der Waals surface area contributed by atoms with Gasteiger partial charge in [-0.25, -0.2) is 0 Å². The van der Waals surface area contributed by atoms with Gasteiger partial charge in [0.1, 0.15) is 5.75 Å². The number of hydrogen-bond donors (Lipinski definition) is 1. The van der Waals surface area contributed by atoms with Crippen molar-refractivity contribution in [2.75, 3.05) is 13.2 Å². The highest BCUT2D eigenvalue weighted by atomic mass is 35.5. The lowest BCUT2D eigenvalue weighted by Crippen LogP contribution is -2.29. The van der Waals surface area contributed by atoms with Crippen LogP contribution < -0.4 is 10.1 Å². The molecule has 1 fully saturated rings. The number of ketones is 1. The minimum absolute atomic E-state index is 0.0171. The van der Waals surface area contributed by atoms with Crippen LogP contribution >= 0.6 is 11.6 Å². The van der Waals surface area contributed by atoms with E-state index in [4.69, 9.17) is 21.1 Å². The fraction of sp³-hybridized carbons (Fsp3) is 0.423. The highest BCUT2D eigenvalue weighted by Gasteiger charge is 2.28. The van der Waals surface area contributed by atoms with Crippen molar-refractivity contribution in [3.63, 3.8) is 0 Å². The quantitative estimate of drug-likeness (QED) is 0.291. The molecule has 0 spiro atoms. The fourth-order valence-corrected chi connectivity index (χ4v) is 4.15. The molecule has 2 aromatic carbocycles. The molecule has 1 aliphatic rings. The Morgan fingerprint density at radius 2 is 1.70 bits per heavy atom. The van der Waals surface area contributed by atoms with Crippen molar-refractivity contribution in [3.05, 3.63) is 64.7 Å². The molecule has 176 valence electrons. The number of carbonyl (C=O) groups excluding carboxylic acids is 3. The second-order valence-electron chi connectivity index (χ2n) is 8.13. The summed E-state index contributed by atoms with van der Waals surface area (Å²) in [5.74, 6) is 0.356. The molecular formula is C26H30ClNO5. The first-order valence-corrected chi connectivity index (χ1v) is 11.8. The summed E-state index contributed by atoms with van der Waals surface area (Å²) in [6, 6.07) is 14.0. The molecule has 6 nitrogen and oxygen atoms in total. The van der Waals surface area contributed by atoms with Gasteiger partial charge in [0, 0.05) is 18.5 Å². The van der Waals surface area contributed by atoms with E-state index in [1.54, 1.807) is 36.4 Å². The number of rotatable bonds is 10. The van der Waals surface area contributed by atoms with Gasteiger partial charge in [-0.1, -0.05) is 23.7 Å². The van der Waals surface area contributed by atoms with Crippen LogP contribution in [0.15, 0.2) is 48.5 Å². The summed E-state index contributed by atoms with van der Waals surface area (Å²) >= 11 is 6.02. The summed E-state index contributed by atoms with van der Waals surface area (Å²) in [5, 5.41) is 3.20. The third-order valence-electron chi connectivity index (χ3n) is 5.76. The zero-order valence-corrected chi connectivity index (χ0v) is 19.6. The van der Waals surface area contributed by atoms with E-state index in [-0.39, 0.29) is 29.7 Å².